The summed E-state index contributed by atoms with van der Waals surface area (Å²) in [7, 11) is 0. The summed E-state index contributed by atoms with van der Waals surface area (Å²) in [5.74, 6) is 0. The number of aromatic nitrogens is 1. The molecule has 4 nitrogen and oxygen atoms in total. The van der Waals surface area contributed by atoms with Crippen molar-refractivity contribution in [3.05, 3.63) is 16.1 Å². The number of amides is 2. The third kappa shape index (κ3) is 3.51. The largest absolute Gasteiger partial charge is 0.331 e. The van der Waals surface area contributed by atoms with Crippen LogP contribution in [0.3, 0.4) is 0 Å². The van der Waals surface area contributed by atoms with E-state index in [1.165, 1.54) is 4.88 Å². The van der Waals surface area contributed by atoms with Gasteiger partial charge in [0.15, 0.2) is 0 Å². The topological polar surface area (TPSA) is 45.2 Å². The summed E-state index contributed by atoms with van der Waals surface area (Å²) in [6.07, 6.45) is 1.82. The lowest BCUT2D eigenvalue weighted by molar-refractivity contribution is 0.203. The van der Waals surface area contributed by atoms with E-state index in [1.807, 2.05) is 27.0 Å². The van der Waals surface area contributed by atoms with Crippen molar-refractivity contribution in [1.29, 1.82) is 0 Å². The Bertz CT molecular complexity index is 320. The molecule has 84 valence electrons. The number of nitrogens with one attached hydrogen (secondary N) is 1. The predicted molar refractivity (Wildman–Crippen MR) is 62.0 cm³/mol. The minimum Gasteiger partial charge on any atom is -0.331 e. The van der Waals surface area contributed by atoms with Crippen molar-refractivity contribution in [3.8, 4) is 0 Å². The van der Waals surface area contributed by atoms with Crippen LogP contribution in [0.1, 0.15) is 23.7 Å². The highest BCUT2D eigenvalue weighted by molar-refractivity contribution is 7.11. The quantitative estimate of drug-likeness (QED) is 0.855. The van der Waals surface area contributed by atoms with Gasteiger partial charge in [-0.15, -0.1) is 11.3 Å². The molecule has 15 heavy (non-hydrogen) atoms. The number of carbonyl (C=O) groups excluding carboxylic acids is 1. The molecule has 0 unspecified atom stereocenters. The van der Waals surface area contributed by atoms with Gasteiger partial charge in [0.25, 0.3) is 0 Å². The second-order valence-corrected chi connectivity index (χ2v) is 4.51. The highest BCUT2D eigenvalue weighted by Crippen LogP contribution is 2.10. The second kappa shape index (κ2) is 5.70. The number of carbonyl (C=O) groups is 1. The zero-order chi connectivity index (χ0) is 11.3. The molecule has 1 N–H and O–H groups in total. The number of hydrogen-bond donors (Lipinski definition) is 1. The van der Waals surface area contributed by atoms with E-state index in [9.17, 15) is 4.79 Å². The van der Waals surface area contributed by atoms with E-state index in [0.29, 0.717) is 6.54 Å². The third-order valence-electron chi connectivity index (χ3n) is 2.11. The van der Waals surface area contributed by atoms with E-state index >= 15 is 0 Å². The number of urea groups is 1. The Hall–Kier alpha value is -1.10. The maximum Gasteiger partial charge on any atom is 0.317 e. The Morgan fingerprint density at radius 3 is 2.67 bits per heavy atom. The van der Waals surface area contributed by atoms with Gasteiger partial charge in [-0.3, -0.25) is 0 Å². The fourth-order valence-corrected chi connectivity index (χ4v) is 1.98. The molecule has 5 heteroatoms. The summed E-state index contributed by atoms with van der Waals surface area (Å²) in [6.45, 7) is 7.94. The van der Waals surface area contributed by atoms with Gasteiger partial charge in [0, 0.05) is 24.2 Å². The molecular formula is C10H17N3OS. The molecule has 0 aliphatic carbocycles. The first kappa shape index (κ1) is 12.0. The molecule has 0 saturated carbocycles. The van der Waals surface area contributed by atoms with Gasteiger partial charge in [0.2, 0.25) is 0 Å². The van der Waals surface area contributed by atoms with Crippen LogP contribution in [0, 0.1) is 6.92 Å². The fourth-order valence-electron chi connectivity index (χ4n) is 1.26. The molecular weight excluding hydrogens is 210 g/mol. The molecule has 0 saturated heterocycles. The summed E-state index contributed by atoms with van der Waals surface area (Å²) in [4.78, 5) is 18.7. The van der Waals surface area contributed by atoms with Gasteiger partial charge >= 0.3 is 6.03 Å². The van der Waals surface area contributed by atoms with Gasteiger partial charge in [0.1, 0.15) is 5.01 Å². The number of thiazole rings is 1. The van der Waals surface area contributed by atoms with Crippen molar-refractivity contribution in [2.45, 2.75) is 27.3 Å². The Morgan fingerprint density at radius 2 is 2.20 bits per heavy atom. The second-order valence-electron chi connectivity index (χ2n) is 3.20. The molecule has 0 aliphatic rings. The molecule has 0 fully saturated rings. The molecule has 0 aromatic carbocycles. The molecule has 0 spiro atoms. The molecule has 2 amide bonds. The average Bonchev–Trinajstić information content (AvgIpc) is 2.63. The van der Waals surface area contributed by atoms with Crippen LogP contribution in [0.5, 0.6) is 0 Å². The SMILES string of the molecule is CCN(CC)C(=O)NCc1ncc(C)s1. The van der Waals surface area contributed by atoms with Crippen molar-refractivity contribution in [1.82, 2.24) is 15.2 Å². The van der Waals surface area contributed by atoms with Crippen LogP contribution in [0.15, 0.2) is 6.20 Å². The van der Waals surface area contributed by atoms with E-state index in [4.69, 9.17) is 0 Å². The summed E-state index contributed by atoms with van der Waals surface area (Å²) in [5.41, 5.74) is 0. The number of hydrogen-bond acceptors (Lipinski definition) is 3. The molecule has 1 heterocycles. The third-order valence-corrected chi connectivity index (χ3v) is 3.02. The maximum atomic E-state index is 11.6. The van der Waals surface area contributed by atoms with Crippen LogP contribution in [0.4, 0.5) is 4.79 Å². The molecule has 0 aliphatic heterocycles. The standard InChI is InChI=1S/C10H17N3OS/c1-4-13(5-2)10(14)12-7-9-11-6-8(3)15-9/h6H,4-5,7H2,1-3H3,(H,12,14). The van der Waals surface area contributed by atoms with Gasteiger partial charge in [-0.05, 0) is 20.8 Å². The number of nitrogens with zero attached hydrogens (tertiary/aromatic N) is 2. The highest BCUT2D eigenvalue weighted by atomic mass is 32.1. The van der Waals surface area contributed by atoms with E-state index in [0.717, 1.165) is 18.1 Å². The van der Waals surface area contributed by atoms with Crippen molar-refractivity contribution in [2.24, 2.45) is 0 Å². The monoisotopic (exact) mass is 227 g/mol. The van der Waals surface area contributed by atoms with E-state index in [-0.39, 0.29) is 6.03 Å². The number of rotatable bonds is 4. The Morgan fingerprint density at radius 1 is 1.53 bits per heavy atom. The van der Waals surface area contributed by atoms with Gasteiger partial charge in [-0.2, -0.15) is 0 Å². The molecule has 1 rings (SSSR count). The normalized spacial score (nSPS) is 10.1. The summed E-state index contributed by atoms with van der Waals surface area (Å²) in [6, 6.07) is -0.0205. The number of aryl methyl sites for hydroxylation is 1. The van der Waals surface area contributed by atoms with Crippen LogP contribution in [0.2, 0.25) is 0 Å². The summed E-state index contributed by atoms with van der Waals surface area (Å²) < 4.78 is 0. The predicted octanol–water partition coefficient (Wildman–Crippen LogP) is 2.00. The van der Waals surface area contributed by atoms with Gasteiger partial charge in [0.05, 0.1) is 6.54 Å². The minimum absolute atomic E-state index is 0.0205. The molecule has 1 aromatic rings. The lowest BCUT2D eigenvalue weighted by Gasteiger charge is -2.18. The average molecular weight is 227 g/mol. The Labute approximate surface area is 94.3 Å². The van der Waals surface area contributed by atoms with Gasteiger partial charge in [-0.25, -0.2) is 9.78 Å². The van der Waals surface area contributed by atoms with Crippen LogP contribution < -0.4 is 5.32 Å². The summed E-state index contributed by atoms with van der Waals surface area (Å²) in [5, 5.41) is 3.80. The van der Waals surface area contributed by atoms with E-state index in [2.05, 4.69) is 10.3 Å². The smallest absolute Gasteiger partial charge is 0.317 e. The van der Waals surface area contributed by atoms with Crippen LogP contribution in [0.25, 0.3) is 0 Å². The molecule has 0 bridgehead atoms. The Balaban J connectivity index is 2.40. The fraction of sp³-hybridized carbons (Fsp3) is 0.600. The van der Waals surface area contributed by atoms with E-state index in [1.54, 1.807) is 16.2 Å². The van der Waals surface area contributed by atoms with Crippen molar-refractivity contribution in [3.63, 3.8) is 0 Å². The van der Waals surface area contributed by atoms with Gasteiger partial charge in [-0.1, -0.05) is 0 Å². The van der Waals surface area contributed by atoms with E-state index < -0.39 is 0 Å². The van der Waals surface area contributed by atoms with Crippen molar-refractivity contribution >= 4 is 17.4 Å². The first-order valence-corrected chi connectivity index (χ1v) is 5.93. The maximum absolute atomic E-state index is 11.6. The zero-order valence-electron chi connectivity index (χ0n) is 9.41. The molecule has 1 aromatic heterocycles. The van der Waals surface area contributed by atoms with Crippen molar-refractivity contribution in [2.75, 3.05) is 13.1 Å². The van der Waals surface area contributed by atoms with Crippen molar-refractivity contribution < 1.29 is 4.79 Å². The Kier molecular flexibility index (Phi) is 4.55. The minimum atomic E-state index is -0.0205. The highest BCUT2D eigenvalue weighted by Gasteiger charge is 2.08. The zero-order valence-corrected chi connectivity index (χ0v) is 10.2. The lowest BCUT2D eigenvalue weighted by atomic mass is 10.5. The lowest BCUT2D eigenvalue weighted by Crippen LogP contribution is -2.39. The van der Waals surface area contributed by atoms with Crippen LogP contribution >= 0.6 is 11.3 Å². The molecule has 0 radical (unpaired) electrons. The molecule has 0 atom stereocenters. The first-order valence-electron chi connectivity index (χ1n) is 5.11. The summed E-state index contributed by atoms with van der Waals surface area (Å²) >= 11 is 1.61. The van der Waals surface area contributed by atoms with Gasteiger partial charge < -0.3 is 10.2 Å². The van der Waals surface area contributed by atoms with Crippen LogP contribution in [-0.4, -0.2) is 29.0 Å². The van der Waals surface area contributed by atoms with Crippen LogP contribution in [-0.2, 0) is 6.54 Å². The first-order chi connectivity index (χ1) is 7.17.